The third-order valence-electron chi connectivity index (χ3n) is 4.97. The van der Waals surface area contributed by atoms with Gasteiger partial charge in [0.15, 0.2) is 0 Å². The molecule has 1 heterocycles. The number of anilines is 1. The van der Waals surface area contributed by atoms with Gasteiger partial charge in [-0.05, 0) is 35.6 Å². The van der Waals surface area contributed by atoms with Gasteiger partial charge in [0, 0.05) is 37.9 Å². The number of hydrogen-bond acceptors (Lipinski definition) is 4. The molecule has 0 aliphatic heterocycles. The molecule has 138 valence electrons. The van der Waals surface area contributed by atoms with Gasteiger partial charge in [-0.2, -0.15) is 0 Å². The number of methoxy groups -OCH3 is 1. The molecule has 1 unspecified atom stereocenters. The zero-order valence-electron chi connectivity index (χ0n) is 15.3. The van der Waals surface area contributed by atoms with E-state index in [1.165, 1.54) is 6.07 Å². The lowest BCUT2D eigenvalue weighted by atomic mass is 9.78. The van der Waals surface area contributed by atoms with Gasteiger partial charge < -0.3 is 10.1 Å². The topological polar surface area (TPSA) is 47.0 Å². The monoisotopic (exact) mass is 363 g/mol. The second kappa shape index (κ2) is 7.84. The Kier molecular flexibility index (Phi) is 5.12. The summed E-state index contributed by atoms with van der Waals surface area (Å²) in [6.45, 7) is 1.46. The molecule has 0 spiro atoms. The van der Waals surface area contributed by atoms with E-state index in [1.807, 2.05) is 30.5 Å². The third kappa shape index (κ3) is 3.55. The van der Waals surface area contributed by atoms with Gasteiger partial charge in [-0.15, -0.1) is 0 Å². The Balaban J connectivity index is 1.69. The SMILES string of the molecule is COCCCNc1ncc2c(n1)-c1ccccc1C(c1ccccc1F)C2. The largest absolute Gasteiger partial charge is 0.385 e. The van der Waals surface area contributed by atoms with Crippen molar-refractivity contribution in [3.8, 4) is 11.3 Å². The molecule has 4 rings (SSSR count). The molecule has 3 aromatic rings. The van der Waals surface area contributed by atoms with E-state index in [9.17, 15) is 4.39 Å². The molecule has 1 aliphatic rings. The molecule has 1 aliphatic carbocycles. The predicted molar refractivity (Wildman–Crippen MR) is 104 cm³/mol. The molecule has 27 heavy (non-hydrogen) atoms. The zero-order chi connectivity index (χ0) is 18.6. The highest BCUT2D eigenvalue weighted by Gasteiger charge is 2.28. The van der Waals surface area contributed by atoms with Gasteiger partial charge in [-0.25, -0.2) is 14.4 Å². The number of benzene rings is 2. The average Bonchev–Trinajstić information content (AvgIpc) is 2.71. The molecule has 1 aromatic heterocycles. The lowest BCUT2D eigenvalue weighted by Gasteiger charge is -2.27. The first kappa shape index (κ1) is 17.6. The molecule has 0 bridgehead atoms. The van der Waals surface area contributed by atoms with Crippen LogP contribution in [-0.2, 0) is 11.2 Å². The van der Waals surface area contributed by atoms with Crippen LogP contribution in [0.4, 0.5) is 10.3 Å². The first-order chi connectivity index (χ1) is 13.3. The van der Waals surface area contributed by atoms with Crippen LogP contribution in [0.3, 0.4) is 0 Å². The number of rotatable bonds is 6. The van der Waals surface area contributed by atoms with Gasteiger partial charge in [0.2, 0.25) is 5.95 Å². The Labute approximate surface area is 158 Å². The fourth-order valence-corrected chi connectivity index (χ4v) is 3.67. The fraction of sp³-hybridized carbons (Fsp3) is 0.273. The number of hydrogen-bond donors (Lipinski definition) is 1. The average molecular weight is 363 g/mol. The zero-order valence-corrected chi connectivity index (χ0v) is 15.3. The van der Waals surface area contributed by atoms with E-state index in [4.69, 9.17) is 9.72 Å². The van der Waals surface area contributed by atoms with E-state index in [-0.39, 0.29) is 11.7 Å². The van der Waals surface area contributed by atoms with Crippen molar-refractivity contribution in [3.63, 3.8) is 0 Å². The van der Waals surface area contributed by atoms with Gasteiger partial charge in [0.05, 0.1) is 5.69 Å². The first-order valence-electron chi connectivity index (χ1n) is 9.20. The molecule has 0 fully saturated rings. The maximum Gasteiger partial charge on any atom is 0.223 e. The Morgan fingerprint density at radius 2 is 1.89 bits per heavy atom. The van der Waals surface area contributed by atoms with Gasteiger partial charge in [0.25, 0.3) is 0 Å². The molecule has 2 aromatic carbocycles. The second-order valence-corrected chi connectivity index (χ2v) is 6.71. The molecule has 1 N–H and O–H groups in total. The minimum Gasteiger partial charge on any atom is -0.385 e. The highest BCUT2D eigenvalue weighted by atomic mass is 19.1. The Hall–Kier alpha value is -2.79. The summed E-state index contributed by atoms with van der Waals surface area (Å²) in [5.41, 5.74) is 4.86. The van der Waals surface area contributed by atoms with Crippen LogP contribution in [0.1, 0.15) is 29.0 Å². The minimum atomic E-state index is -0.168. The number of fused-ring (bicyclic) bond motifs is 3. The summed E-state index contributed by atoms with van der Waals surface area (Å²) in [4.78, 5) is 9.20. The van der Waals surface area contributed by atoms with E-state index in [2.05, 4.69) is 22.4 Å². The van der Waals surface area contributed by atoms with Crippen molar-refractivity contribution in [2.24, 2.45) is 0 Å². The van der Waals surface area contributed by atoms with E-state index in [0.29, 0.717) is 19.0 Å². The van der Waals surface area contributed by atoms with E-state index >= 15 is 0 Å². The molecule has 5 heteroatoms. The predicted octanol–water partition coefficient (Wildman–Crippen LogP) is 4.42. The van der Waals surface area contributed by atoms with Crippen LogP contribution in [0.5, 0.6) is 0 Å². The van der Waals surface area contributed by atoms with E-state index < -0.39 is 0 Å². The first-order valence-corrected chi connectivity index (χ1v) is 9.20. The second-order valence-electron chi connectivity index (χ2n) is 6.71. The third-order valence-corrected chi connectivity index (χ3v) is 4.97. The van der Waals surface area contributed by atoms with Gasteiger partial charge in [-0.3, -0.25) is 0 Å². The molecular formula is C22H22FN3O. The van der Waals surface area contributed by atoms with Gasteiger partial charge >= 0.3 is 0 Å². The van der Waals surface area contributed by atoms with Gasteiger partial charge in [-0.1, -0.05) is 42.5 Å². The number of nitrogens with one attached hydrogen (secondary N) is 1. The number of ether oxygens (including phenoxy) is 1. The molecule has 0 saturated heterocycles. The molecule has 0 radical (unpaired) electrons. The molecule has 0 saturated carbocycles. The summed E-state index contributed by atoms with van der Waals surface area (Å²) in [5, 5.41) is 3.25. The number of halogens is 1. The Bertz CT molecular complexity index is 944. The highest BCUT2D eigenvalue weighted by Crippen LogP contribution is 2.42. The van der Waals surface area contributed by atoms with E-state index in [0.717, 1.165) is 40.9 Å². The quantitative estimate of drug-likeness (QED) is 0.659. The summed E-state index contributed by atoms with van der Waals surface area (Å²) < 4.78 is 19.5. The lowest BCUT2D eigenvalue weighted by molar-refractivity contribution is 0.197. The van der Waals surface area contributed by atoms with Crippen LogP contribution in [0, 0.1) is 5.82 Å². The van der Waals surface area contributed by atoms with Crippen LogP contribution < -0.4 is 5.32 Å². The van der Waals surface area contributed by atoms with Crippen molar-refractivity contribution >= 4 is 5.95 Å². The standard InChI is InChI=1S/C22H22FN3O/c1-27-12-6-11-24-22-25-14-15-13-19(17-8-4-5-10-20(17)23)16-7-2-3-9-18(16)21(15)26-22/h2-5,7-10,14,19H,6,11-13H2,1H3,(H,24,25,26). The lowest BCUT2D eigenvalue weighted by Crippen LogP contribution is -2.16. The van der Waals surface area contributed by atoms with Crippen molar-refractivity contribution in [2.75, 3.05) is 25.6 Å². The van der Waals surface area contributed by atoms with Crippen LogP contribution in [0.25, 0.3) is 11.3 Å². The molecule has 1 atom stereocenters. The smallest absolute Gasteiger partial charge is 0.223 e. The van der Waals surface area contributed by atoms with Crippen LogP contribution in [-0.4, -0.2) is 30.2 Å². The van der Waals surface area contributed by atoms with Crippen LogP contribution >= 0.6 is 0 Å². The fourth-order valence-electron chi connectivity index (χ4n) is 3.67. The Morgan fingerprint density at radius 3 is 2.70 bits per heavy atom. The summed E-state index contributed by atoms with van der Waals surface area (Å²) in [6.07, 6.45) is 3.45. The summed E-state index contributed by atoms with van der Waals surface area (Å²) in [6, 6.07) is 15.1. The molecular weight excluding hydrogens is 341 g/mol. The summed E-state index contributed by atoms with van der Waals surface area (Å²) >= 11 is 0. The van der Waals surface area contributed by atoms with Crippen molar-refractivity contribution < 1.29 is 9.13 Å². The van der Waals surface area contributed by atoms with Crippen LogP contribution in [0.2, 0.25) is 0 Å². The normalized spacial score (nSPS) is 15.1. The molecule has 4 nitrogen and oxygen atoms in total. The van der Waals surface area contributed by atoms with Crippen LogP contribution in [0.15, 0.2) is 54.7 Å². The minimum absolute atomic E-state index is 0.0287. The van der Waals surface area contributed by atoms with Gasteiger partial charge in [0.1, 0.15) is 5.82 Å². The number of nitrogens with zero attached hydrogens (tertiary/aromatic N) is 2. The van der Waals surface area contributed by atoms with Crippen molar-refractivity contribution in [1.82, 2.24) is 9.97 Å². The maximum absolute atomic E-state index is 14.5. The van der Waals surface area contributed by atoms with Crippen molar-refractivity contribution in [3.05, 3.63) is 77.2 Å². The molecule has 0 amide bonds. The summed E-state index contributed by atoms with van der Waals surface area (Å²) in [7, 11) is 1.69. The van der Waals surface area contributed by atoms with Crippen molar-refractivity contribution in [2.45, 2.75) is 18.8 Å². The maximum atomic E-state index is 14.5. The Morgan fingerprint density at radius 1 is 1.11 bits per heavy atom. The highest BCUT2D eigenvalue weighted by molar-refractivity contribution is 5.72. The number of aromatic nitrogens is 2. The van der Waals surface area contributed by atoms with Crippen molar-refractivity contribution in [1.29, 1.82) is 0 Å². The van der Waals surface area contributed by atoms with E-state index in [1.54, 1.807) is 13.2 Å². The summed E-state index contributed by atoms with van der Waals surface area (Å²) in [5.74, 6) is 0.418.